The third-order valence-electron chi connectivity index (χ3n) is 12.7. The fourth-order valence-corrected chi connectivity index (χ4v) is 8.58. The van der Waals surface area contributed by atoms with Crippen molar-refractivity contribution in [3.05, 3.63) is 130 Å². The molecule has 73 heavy (non-hydrogen) atoms. The highest BCUT2D eigenvalue weighted by Gasteiger charge is 2.41. The molecule has 0 radical (unpaired) electrons. The Kier molecular flexibility index (Phi) is 16.1. The molecule has 0 bridgehead atoms. The van der Waals surface area contributed by atoms with Crippen LogP contribution in [0, 0.1) is 11.6 Å². The van der Waals surface area contributed by atoms with Crippen molar-refractivity contribution in [2.24, 2.45) is 0 Å². The number of pyridine rings is 2. The topological polar surface area (TPSA) is 225 Å². The van der Waals surface area contributed by atoms with Gasteiger partial charge in [0.15, 0.2) is 23.2 Å². The molecule has 5 aromatic rings. The predicted molar refractivity (Wildman–Crippen MR) is 258 cm³/mol. The largest absolute Gasteiger partial charge is 0.486 e. The third-order valence-corrected chi connectivity index (χ3v) is 12.7. The fourth-order valence-electron chi connectivity index (χ4n) is 8.58. The summed E-state index contributed by atoms with van der Waals surface area (Å²) in [5.74, 6) is -4.33. The van der Waals surface area contributed by atoms with Crippen molar-refractivity contribution >= 4 is 58.7 Å². The summed E-state index contributed by atoms with van der Waals surface area (Å²) in [7, 11) is 0. The van der Waals surface area contributed by atoms with Crippen molar-refractivity contribution in [2.45, 2.75) is 89.3 Å². The first-order valence-corrected chi connectivity index (χ1v) is 24.0. The van der Waals surface area contributed by atoms with Crippen molar-refractivity contribution in [1.82, 2.24) is 19.8 Å². The molecule has 2 aromatic heterocycles. The van der Waals surface area contributed by atoms with E-state index in [1.54, 1.807) is 58.0 Å². The number of amides is 4. The Balaban J connectivity index is 0.935. The number of aromatic carboxylic acids is 1. The van der Waals surface area contributed by atoms with Gasteiger partial charge in [0.2, 0.25) is 11.3 Å². The summed E-state index contributed by atoms with van der Waals surface area (Å²) < 4.78 is 61.7. The number of fused-ring (bicyclic) bond motifs is 1. The van der Waals surface area contributed by atoms with Gasteiger partial charge in [0, 0.05) is 64.1 Å². The van der Waals surface area contributed by atoms with Crippen LogP contribution in [0.4, 0.5) is 34.7 Å². The summed E-state index contributed by atoms with van der Waals surface area (Å²) in [6.45, 7) is 1.07. The highest BCUT2D eigenvalue weighted by atomic mass is 19.1. The molecule has 1 saturated carbocycles. The molecule has 21 heteroatoms. The summed E-state index contributed by atoms with van der Waals surface area (Å²) >= 11 is 0. The third kappa shape index (κ3) is 12.9. The first-order valence-electron chi connectivity index (χ1n) is 24.0. The SMILES string of the molecule is CC(=O)NC[C@H]1CN(c2ccc(OCC3(OC(=O)CCCCCN(C(=O)OCc4ccccc4)C(=O)OCc4ccccc4)CCN(c4nc5c(cc4F)c(=O)c(C(=O)O)cn5C4CC4)CC3)c(F)c2)C(=O)O1. The van der Waals surface area contributed by atoms with Gasteiger partial charge in [0.25, 0.3) is 0 Å². The number of esters is 1. The highest BCUT2D eigenvalue weighted by molar-refractivity contribution is 5.92. The number of rotatable bonds is 20. The smallest absolute Gasteiger partial charge is 0.419 e. The van der Waals surface area contributed by atoms with Crippen LogP contribution in [0.15, 0.2) is 95.9 Å². The minimum Gasteiger partial charge on any atom is -0.486 e. The number of anilines is 2. The van der Waals surface area contributed by atoms with Gasteiger partial charge in [-0.3, -0.25) is 19.3 Å². The van der Waals surface area contributed by atoms with Gasteiger partial charge in [-0.1, -0.05) is 67.1 Å². The minimum atomic E-state index is -1.43. The number of benzene rings is 3. The molecule has 4 amide bonds. The lowest BCUT2D eigenvalue weighted by Crippen LogP contribution is -2.51. The number of hydrogen-bond acceptors (Lipinski definition) is 14. The molecule has 19 nitrogen and oxygen atoms in total. The minimum absolute atomic E-state index is 0.0594. The normalized spacial score (nSPS) is 16.1. The van der Waals surface area contributed by atoms with Gasteiger partial charge in [0.1, 0.15) is 42.7 Å². The number of unbranched alkanes of at least 4 members (excludes halogenated alkanes) is 2. The second-order valence-electron chi connectivity index (χ2n) is 18.1. The van der Waals surface area contributed by atoms with Crippen LogP contribution < -0.4 is 25.3 Å². The van der Waals surface area contributed by atoms with E-state index >= 15 is 8.78 Å². The molecule has 3 aliphatic rings. The number of cyclic esters (lactones) is 1. The van der Waals surface area contributed by atoms with E-state index in [-0.39, 0.29) is 125 Å². The molecule has 0 unspecified atom stereocenters. The van der Waals surface area contributed by atoms with Gasteiger partial charge >= 0.3 is 30.2 Å². The number of aromatic nitrogens is 2. The number of carbonyl (C=O) groups is 6. The molecule has 2 saturated heterocycles. The first kappa shape index (κ1) is 51.3. The first-order chi connectivity index (χ1) is 35.2. The second-order valence-corrected chi connectivity index (χ2v) is 18.1. The Morgan fingerprint density at radius 3 is 2.12 bits per heavy atom. The molecule has 2 aliphatic heterocycles. The van der Waals surface area contributed by atoms with Gasteiger partial charge in [-0.2, -0.15) is 0 Å². The van der Waals surface area contributed by atoms with Crippen molar-refractivity contribution in [2.75, 3.05) is 49.1 Å². The lowest BCUT2D eigenvalue weighted by molar-refractivity contribution is -0.166. The van der Waals surface area contributed by atoms with Crippen LogP contribution in [0.1, 0.15) is 85.8 Å². The summed E-state index contributed by atoms with van der Waals surface area (Å²) in [5.41, 5.74) is -0.944. The van der Waals surface area contributed by atoms with Crippen molar-refractivity contribution in [3.8, 4) is 5.75 Å². The Morgan fingerprint density at radius 1 is 0.863 bits per heavy atom. The Labute approximate surface area is 417 Å². The number of nitrogens with zero attached hydrogens (tertiary/aromatic N) is 5. The maximum absolute atomic E-state index is 15.9. The number of piperidine rings is 1. The van der Waals surface area contributed by atoms with E-state index in [0.717, 1.165) is 41.0 Å². The fraction of sp³-hybridized carbons (Fsp3) is 0.385. The number of halogens is 2. The summed E-state index contributed by atoms with van der Waals surface area (Å²) in [6, 6.07) is 22.7. The molecule has 8 rings (SSSR count). The second kappa shape index (κ2) is 23.0. The van der Waals surface area contributed by atoms with Crippen LogP contribution >= 0.6 is 0 Å². The average Bonchev–Trinajstić information content (AvgIpc) is 4.16. The van der Waals surface area contributed by atoms with E-state index in [2.05, 4.69) is 10.3 Å². The molecule has 3 aromatic carbocycles. The van der Waals surface area contributed by atoms with E-state index in [4.69, 9.17) is 23.7 Å². The standard InChI is InChI=1S/C52H54F2N6O13/c1-33(61)55-27-38-28-60(51(68)72-38)37-18-19-43(41(53)25-37)71-32-52(20-23-57(24-21-52)47-42(54)26-39-45(63)40(48(64)65)29-59(36-16-17-36)46(39)56-47)73-44(62)15-9-4-10-22-58(49(66)69-30-34-11-5-2-6-12-34)50(67)70-31-35-13-7-3-8-14-35/h2-3,5-8,11-14,18-19,25-26,29,36,38H,4,9-10,15-17,20-24,27-28,30-32H2,1H3,(H,55,61)(H,64,65)/t38-/m0/s1. The summed E-state index contributed by atoms with van der Waals surface area (Å²) in [5, 5.41) is 12.1. The number of ether oxygens (including phenoxy) is 5. The molecule has 1 atom stereocenters. The monoisotopic (exact) mass is 1010 g/mol. The molecule has 0 spiro atoms. The van der Waals surface area contributed by atoms with E-state index in [1.807, 2.05) is 12.1 Å². The van der Waals surface area contributed by atoms with Gasteiger partial charge in [-0.05, 0) is 55.0 Å². The van der Waals surface area contributed by atoms with Crippen molar-refractivity contribution < 1.29 is 66.3 Å². The van der Waals surface area contributed by atoms with Crippen LogP contribution in [0.5, 0.6) is 5.75 Å². The van der Waals surface area contributed by atoms with Gasteiger partial charge in [-0.15, -0.1) is 0 Å². The quantitative estimate of drug-likeness (QED) is 0.0433. The molecular weight excluding hydrogens is 955 g/mol. The number of nitrogens with one attached hydrogen (secondary N) is 1. The lowest BCUT2D eigenvalue weighted by Gasteiger charge is -2.41. The zero-order valence-electron chi connectivity index (χ0n) is 40.0. The predicted octanol–water partition coefficient (Wildman–Crippen LogP) is 7.67. The number of hydrogen-bond donors (Lipinski definition) is 2. The maximum atomic E-state index is 15.9. The zero-order valence-corrected chi connectivity index (χ0v) is 40.0. The molecule has 2 N–H and O–H groups in total. The number of carboxylic acids is 1. The molecule has 3 fully saturated rings. The average molecular weight is 1010 g/mol. The lowest BCUT2D eigenvalue weighted by atomic mass is 9.91. The van der Waals surface area contributed by atoms with E-state index in [0.29, 0.717) is 6.42 Å². The van der Waals surface area contributed by atoms with Crippen LogP contribution in [0.2, 0.25) is 0 Å². The van der Waals surface area contributed by atoms with Crippen molar-refractivity contribution in [1.29, 1.82) is 0 Å². The zero-order chi connectivity index (χ0) is 51.6. The van der Waals surface area contributed by atoms with E-state index in [9.17, 15) is 38.7 Å². The van der Waals surface area contributed by atoms with Crippen LogP contribution in [-0.2, 0) is 41.8 Å². The molecule has 4 heterocycles. The Hall–Kier alpha value is -8.10. The van der Waals surface area contributed by atoms with Gasteiger partial charge < -0.3 is 43.6 Å². The Morgan fingerprint density at radius 2 is 1.52 bits per heavy atom. The Bertz CT molecular complexity index is 2860. The van der Waals surface area contributed by atoms with Gasteiger partial charge in [0.05, 0.1) is 24.2 Å². The molecule has 384 valence electrons. The maximum Gasteiger partial charge on any atom is 0.419 e. The van der Waals surface area contributed by atoms with E-state index in [1.165, 1.54) is 30.2 Å². The summed E-state index contributed by atoms with van der Waals surface area (Å²) in [4.78, 5) is 97.4. The highest BCUT2D eigenvalue weighted by Crippen LogP contribution is 2.38. The van der Waals surface area contributed by atoms with Crippen LogP contribution in [-0.4, -0.2) is 107 Å². The van der Waals surface area contributed by atoms with E-state index < -0.39 is 64.6 Å². The number of carbonyl (C=O) groups excluding carboxylic acids is 5. The molecular formula is C52H54F2N6O13. The summed E-state index contributed by atoms with van der Waals surface area (Å²) in [6.07, 6.45) is 0.514. The van der Waals surface area contributed by atoms with Crippen LogP contribution in [0.25, 0.3) is 11.0 Å². The number of imide groups is 1. The van der Waals surface area contributed by atoms with Crippen molar-refractivity contribution in [3.63, 3.8) is 0 Å². The van der Waals surface area contributed by atoms with Crippen LogP contribution in [0.3, 0.4) is 0 Å². The molecule has 1 aliphatic carbocycles. The number of carboxylic acid groups (broad SMARTS) is 1. The van der Waals surface area contributed by atoms with Gasteiger partial charge in [-0.25, -0.2) is 37.8 Å².